The summed E-state index contributed by atoms with van der Waals surface area (Å²) in [5.41, 5.74) is 0. The molecule has 0 aromatic rings. The minimum Gasteiger partial charge on any atom is -0.462 e. The molecule has 0 amide bonds. The molecule has 82 heavy (non-hydrogen) atoms. The summed E-state index contributed by atoms with van der Waals surface area (Å²) < 4.78 is 17.0. The Morgan fingerprint density at radius 2 is 0.476 bits per heavy atom. The van der Waals surface area contributed by atoms with Gasteiger partial charge in [-0.05, 0) is 103 Å². The van der Waals surface area contributed by atoms with Gasteiger partial charge in [-0.25, -0.2) is 0 Å². The molecule has 1 atom stereocenters. The number of ether oxygens (including phenoxy) is 3. The second-order valence-electron chi connectivity index (χ2n) is 23.0. The first-order chi connectivity index (χ1) is 40.5. The van der Waals surface area contributed by atoms with Gasteiger partial charge in [0.05, 0.1) is 0 Å². The summed E-state index contributed by atoms with van der Waals surface area (Å²) in [6, 6.07) is 0. The maximum Gasteiger partial charge on any atom is 0.306 e. The van der Waals surface area contributed by atoms with Crippen molar-refractivity contribution in [3.63, 3.8) is 0 Å². The predicted octanol–water partition coefficient (Wildman–Crippen LogP) is 24.2. The van der Waals surface area contributed by atoms with Crippen molar-refractivity contribution >= 4 is 17.9 Å². The quantitative estimate of drug-likeness (QED) is 0.0261. The van der Waals surface area contributed by atoms with Crippen LogP contribution in [-0.4, -0.2) is 37.2 Å². The predicted molar refractivity (Wildman–Crippen MR) is 357 cm³/mol. The third kappa shape index (κ3) is 66.9. The Bertz CT molecular complexity index is 1640. The molecule has 0 aliphatic rings. The first kappa shape index (κ1) is 78.1. The van der Waals surface area contributed by atoms with Crippen LogP contribution in [0.2, 0.25) is 0 Å². The highest BCUT2D eigenvalue weighted by Crippen LogP contribution is 2.17. The third-order valence-electron chi connectivity index (χ3n) is 15.0. The fourth-order valence-electron chi connectivity index (χ4n) is 9.88. The van der Waals surface area contributed by atoms with Crippen LogP contribution in [0.3, 0.4) is 0 Å². The topological polar surface area (TPSA) is 78.9 Å². The number of unbranched alkanes of at least 4 members (excludes halogenated alkanes) is 34. The molecule has 0 aromatic heterocycles. The molecule has 0 aliphatic carbocycles. The molecule has 0 fully saturated rings. The fourth-order valence-corrected chi connectivity index (χ4v) is 9.88. The molecule has 0 aromatic carbocycles. The Balaban J connectivity index is 4.37. The lowest BCUT2D eigenvalue weighted by Gasteiger charge is -2.18. The van der Waals surface area contributed by atoms with Crippen LogP contribution in [0.15, 0.2) is 109 Å². The first-order valence-electron chi connectivity index (χ1n) is 34.9. The van der Waals surface area contributed by atoms with E-state index in [-0.39, 0.29) is 31.1 Å². The molecule has 0 N–H and O–H groups in total. The molecule has 1 unspecified atom stereocenters. The van der Waals surface area contributed by atoms with E-state index < -0.39 is 6.10 Å². The summed E-state index contributed by atoms with van der Waals surface area (Å²) in [5, 5.41) is 0. The zero-order valence-electron chi connectivity index (χ0n) is 54.0. The van der Waals surface area contributed by atoms with Crippen molar-refractivity contribution in [2.45, 2.75) is 341 Å². The van der Waals surface area contributed by atoms with Crippen LogP contribution in [0.4, 0.5) is 0 Å². The molecule has 0 aliphatic heterocycles. The van der Waals surface area contributed by atoms with E-state index in [0.29, 0.717) is 19.3 Å². The second kappa shape index (κ2) is 69.6. The van der Waals surface area contributed by atoms with E-state index >= 15 is 0 Å². The zero-order chi connectivity index (χ0) is 59.2. The highest BCUT2D eigenvalue weighted by atomic mass is 16.6. The smallest absolute Gasteiger partial charge is 0.306 e. The van der Waals surface area contributed by atoms with Gasteiger partial charge in [0.1, 0.15) is 13.2 Å². The maximum absolute atomic E-state index is 13.0. The van der Waals surface area contributed by atoms with Gasteiger partial charge in [0.2, 0.25) is 0 Å². The molecule has 0 heterocycles. The average Bonchev–Trinajstić information content (AvgIpc) is 3.47. The van der Waals surface area contributed by atoms with E-state index in [0.717, 1.165) is 128 Å². The standard InChI is InChI=1S/C76H130O6/c1-4-7-10-13-16-19-22-25-28-31-33-35-36-37-38-39-40-41-43-45-48-51-54-57-60-63-66-69-75(78)81-72-73(71-80-74(77)68-65-62-59-56-53-50-47-44-30-27-24-21-18-15-12-9-6-3)82-76(79)70-67-64-61-58-55-52-49-46-42-34-32-29-26-23-20-17-14-11-8-5-2/h7,9-10,12,16,18-19,21,25,27-28,30,33,35,37-38,40-41,73H,4-6,8,11,13-15,17,20,22-24,26,29,31-32,34,36,39,42-72H2,1-3H3/b10-7-,12-9-,19-16-,21-18-,28-25-,30-27-,35-33-,38-37-,41-40-. The molecule has 6 nitrogen and oxygen atoms in total. The van der Waals surface area contributed by atoms with Gasteiger partial charge in [0.15, 0.2) is 6.10 Å². The van der Waals surface area contributed by atoms with Crippen molar-refractivity contribution in [1.82, 2.24) is 0 Å². The SMILES string of the molecule is CC/C=C\C/C=C\C/C=C\C/C=C\C/C=C\C/C=C\CCCCCCCCCCC(=O)OCC(COC(=O)CCCCCCCCC/C=C\C/C=C\C/C=C\CC)OC(=O)CCCCCCCCCCCCCCCCCCCCCC. The summed E-state index contributed by atoms with van der Waals surface area (Å²) >= 11 is 0. The molecule has 0 saturated carbocycles. The van der Waals surface area contributed by atoms with E-state index in [1.54, 1.807) is 0 Å². The van der Waals surface area contributed by atoms with Crippen molar-refractivity contribution in [1.29, 1.82) is 0 Å². The number of carbonyl (C=O) groups excluding carboxylic acids is 3. The van der Waals surface area contributed by atoms with Crippen LogP contribution < -0.4 is 0 Å². The van der Waals surface area contributed by atoms with Crippen LogP contribution >= 0.6 is 0 Å². The number of rotatable bonds is 63. The molecule has 0 bridgehead atoms. The molecule has 0 saturated heterocycles. The second-order valence-corrected chi connectivity index (χ2v) is 23.0. The molecular weight excluding hydrogens is 1010 g/mol. The normalized spacial score (nSPS) is 12.8. The van der Waals surface area contributed by atoms with Crippen molar-refractivity contribution in [2.24, 2.45) is 0 Å². The van der Waals surface area contributed by atoms with E-state index in [4.69, 9.17) is 14.2 Å². The minimum absolute atomic E-state index is 0.0838. The Kier molecular flexibility index (Phi) is 66.2. The minimum atomic E-state index is -0.788. The highest BCUT2D eigenvalue weighted by Gasteiger charge is 2.19. The van der Waals surface area contributed by atoms with E-state index in [2.05, 4.69) is 130 Å². The van der Waals surface area contributed by atoms with Gasteiger partial charge in [0.25, 0.3) is 0 Å². The monoisotopic (exact) mass is 1140 g/mol. The van der Waals surface area contributed by atoms with Gasteiger partial charge in [-0.2, -0.15) is 0 Å². The summed E-state index contributed by atoms with van der Waals surface area (Å²) in [5.74, 6) is -0.885. The van der Waals surface area contributed by atoms with Crippen LogP contribution in [0.25, 0.3) is 0 Å². The number of hydrogen-bond donors (Lipinski definition) is 0. The Morgan fingerprint density at radius 1 is 0.256 bits per heavy atom. The average molecular weight is 1140 g/mol. The molecule has 470 valence electrons. The van der Waals surface area contributed by atoms with Crippen molar-refractivity contribution in [2.75, 3.05) is 13.2 Å². The molecule has 0 radical (unpaired) electrons. The van der Waals surface area contributed by atoms with Crippen molar-refractivity contribution in [3.05, 3.63) is 109 Å². The van der Waals surface area contributed by atoms with Gasteiger partial charge in [-0.3, -0.25) is 14.4 Å². The molecule has 0 spiro atoms. The van der Waals surface area contributed by atoms with Crippen molar-refractivity contribution < 1.29 is 28.6 Å². The summed E-state index contributed by atoms with van der Waals surface area (Å²) in [6.45, 7) is 6.45. The zero-order valence-corrected chi connectivity index (χ0v) is 54.0. The summed E-state index contributed by atoms with van der Waals surface area (Å²) in [7, 11) is 0. The van der Waals surface area contributed by atoms with Gasteiger partial charge in [-0.1, -0.05) is 323 Å². The van der Waals surface area contributed by atoms with E-state index in [1.807, 2.05) is 0 Å². The van der Waals surface area contributed by atoms with Gasteiger partial charge < -0.3 is 14.2 Å². The van der Waals surface area contributed by atoms with Crippen LogP contribution in [0.1, 0.15) is 335 Å². The lowest BCUT2D eigenvalue weighted by molar-refractivity contribution is -0.167. The van der Waals surface area contributed by atoms with E-state index in [1.165, 1.54) is 167 Å². The molecular formula is C76H130O6. The molecule has 0 rings (SSSR count). The summed E-state index contributed by atoms with van der Waals surface area (Å²) in [6.07, 6.45) is 95.3. The number of esters is 3. The third-order valence-corrected chi connectivity index (χ3v) is 15.0. The largest absolute Gasteiger partial charge is 0.462 e. The van der Waals surface area contributed by atoms with Crippen LogP contribution in [0.5, 0.6) is 0 Å². The van der Waals surface area contributed by atoms with Crippen LogP contribution in [0, 0.1) is 0 Å². The van der Waals surface area contributed by atoms with Crippen molar-refractivity contribution in [3.8, 4) is 0 Å². The lowest BCUT2D eigenvalue weighted by Crippen LogP contribution is -2.30. The Morgan fingerprint density at radius 3 is 0.744 bits per heavy atom. The first-order valence-corrected chi connectivity index (χ1v) is 34.9. The van der Waals surface area contributed by atoms with Crippen LogP contribution in [-0.2, 0) is 28.6 Å². The van der Waals surface area contributed by atoms with Gasteiger partial charge in [-0.15, -0.1) is 0 Å². The number of allylic oxidation sites excluding steroid dienone is 18. The fraction of sp³-hybridized carbons (Fsp3) is 0.724. The number of hydrogen-bond acceptors (Lipinski definition) is 6. The Labute approximate surface area is 508 Å². The van der Waals surface area contributed by atoms with Gasteiger partial charge >= 0.3 is 17.9 Å². The van der Waals surface area contributed by atoms with E-state index in [9.17, 15) is 14.4 Å². The Hall–Kier alpha value is -3.93. The summed E-state index contributed by atoms with van der Waals surface area (Å²) in [4.78, 5) is 38.5. The lowest BCUT2D eigenvalue weighted by atomic mass is 10.0. The number of carbonyl (C=O) groups is 3. The van der Waals surface area contributed by atoms with Gasteiger partial charge in [0, 0.05) is 19.3 Å². The highest BCUT2D eigenvalue weighted by molar-refractivity contribution is 5.71. The molecule has 6 heteroatoms. The maximum atomic E-state index is 13.0.